The zero-order valence-corrected chi connectivity index (χ0v) is 12.2. The van der Waals surface area contributed by atoms with Gasteiger partial charge in [0.2, 0.25) is 10.0 Å². The van der Waals surface area contributed by atoms with Gasteiger partial charge in [-0.05, 0) is 32.4 Å². The quantitative estimate of drug-likeness (QED) is 0.886. The molecule has 0 amide bonds. The van der Waals surface area contributed by atoms with Crippen molar-refractivity contribution < 1.29 is 12.8 Å². The molecule has 0 radical (unpaired) electrons. The van der Waals surface area contributed by atoms with Gasteiger partial charge in [0.05, 0.1) is 0 Å². The molecule has 104 valence electrons. The predicted molar refractivity (Wildman–Crippen MR) is 71.8 cm³/mol. The van der Waals surface area contributed by atoms with E-state index in [0.29, 0.717) is 5.56 Å². The summed E-state index contributed by atoms with van der Waals surface area (Å²) < 4.78 is 40.0. The van der Waals surface area contributed by atoms with Crippen LogP contribution in [0.5, 0.6) is 0 Å². The lowest BCUT2D eigenvalue weighted by atomic mass is 10.1. The van der Waals surface area contributed by atoms with Gasteiger partial charge in [-0.3, -0.25) is 0 Å². The fourth-order valence-corrected chi connectivity index (χ4v) is 3.14. The van der Waals surface area contributed by atoms with Crippen molar-refractivity contribution in [2.75, 3.05) is 6.54 Å². The molecule has 4 nitrogen and oxygen atoms in total. The monoisotopic (exact) mass is 296 g/mol. The second-order valence-corrected chi connectivity index (χ2v) is 6.20. The van der Waals surface area contributed by atoms with E-state index in [2.05, 4.69) is 4.72 Å². The van der Waals surface area contributed by atoms with Crippen LogP contribution in [0.3, 0.4) is 0 Å². The van der Waals surface area contributed by atoms with Crippen LogP contribution in [0, 0.1) is 12.7 Å². The molecule has 0 unspecified atom stereocenters. The molecular formula is C11H18ClFN2O2S. The van der Waals surface area contributed by atoms with Crippen LogP contribution in [-0.4, -0.2) is 20.5 Å². The maximum absolute atomic E-state index is 13.6. The third kappa shape index (κ3) is 3.91. The van der Waals surface area contributed by atoms with E-state index in [4.69, 9.17) is 5.73 Å². The highest BCUT2D eigenvalue weighted by molar-refractivity contribution is 7.89. The molecule has 1 rings (SSSR count). The van der Waals surface area contributed by atoms with Crippen molar-refractivity contribution in [1.82, 2.24) is 4.72 Å². The van der Waals surface area contributed by atoms with Crippen molar-refractivity contribution in [1.29, 1.82) is 0 Å². The van der Waals surface area contributed by atoms with E-state index in [9.17, 15) is 12.8 Å². The summed E-state index contributed by atoms with van der Waals surface area (Å²) in [5, 5.41) is 0. The van der Waals surface area contributed by atoms with Crippen molar-refractivity contribution in [3.05, 3.63) is 29.6 Å². The molecule has 0 bridgehead atoms. The normalized spacial score (nSPS) is 12.1. The minimum absolute atomic E-state index is 0. The van der Waals surface area contributed by atoms with E-state index in [1.807, 2.05) is 0 Å². The lowest BCUT2D eigenvalue weighted by molar-refractivity contribution is 0.459. The molecule has 0 aliphatic carbocycles. The second-order valence-electron chi connectivity index (χ2n) is 4.58. The van der Waals surface area contributed by atoms with Gasteiger partial charge in [0.1, 0.15) is 10.7 Å². The van der Waals surface area contributed by atoms with Crippen molar-refractivity contribution >= 4 is 22.4 Å². The first-order chi connectivity index (χ1) is 7.69. The molecule has 0 spiro atoms. The molecule has 0 saturated carbocycles. The molecule has 0 fully saturated rings. The van der Waals surface area contributed by atoms with Gasteiger partial charge in [0.25, 0.3) is 0 Å². The molecule has 0 aliphatic heterocycles. The number of rotatable bonds is 4. The van der Waals surface area contributed by atoms with Gasteiger partial charge >= 0.3 is 0 Å². The average molecular weight is 297 g/mol. The Bertz CT molecular complexity index is 498. The van der Waals surface area contributed by atoms with E-state index >= 15 is 0 Å². The standard InChI is InChI=1S/C11H17FN2O2S.ClH/c1-8-5-4-6-9(12)10(8)17(15,16)14-11(2,3)7-13;/h4-6,14H,7,13H2,1-3H3;1H. The van der Waals surface area contributed by atoms with Crippen LogP contribution in [-0.2, 0) is 10.0 Å². The Hall–Kier alpha value is -0.690. The summed E-state index contributed by atoms with van der Waals surface area (Å²) in [6.07, 6.45) is 0. The first kappa shape index (κ1) is 17.3. The first-order valence-electron chi connectivity index (χ1n) is 5.19. The van der Waals surface area contributed by atoms with Crippen LogP contribution >= 0.6 is 12.4 Å². The maximum atomic E-state index is 13.6. The SMILES string of the molecule is Cc1cccc(F)c1S(=O)(=O)NC(C)(C)CN.Cl. The highest BCUT2D eigenvalue weighted by atomic mass is 35.5. The summed E-state index contributed by atoms with van der Waals surface area (Å²) in [6, 6.07) is 4.14. The Morgan fingerprint density at radius 3 is 2.39 bits per heavy atom. The number of halogens is 2. The molecule has 0 aromatic heterocycles. The van der Waals surface area contributed by atoms with Gasteiger partial charge in [-0.25, -0.2) is 17.5 Å². The van der Waals surface area contributed by atoms with Crippen LogP contribution in [0.25, 0.3) is 0 Å². The van der Waals surface area contributed by atoms with E-state index in [0.717, 1.165) is 6.07 Å². The average Bonchev–Trinajstić information content (AvgIpc) is 2.15. The molecule has 0 aliphatic rings. The van der Waals surface area contributed by atoms with Crippen molar-refractivity contribution in [3.63, 3.8) is 0 Å². The minimum atomic E-state index is -3.90. The number of nitrogens with two attached hydrogens (primary N) is 1. The van der Waals surface area contributed by atoms with Crippen LogP contribution < -0.4 is 10.5 Å². The van der Waals surface area contributed by atoms with Gasteiger partial charge in [0, 0.05) is 12.1 Å². The first-order valence-corrected chi connectivity index (χ1v) is 6.67. The Kier molecular flexibility index (Phi) is 5.74. The fourth-order valence-electron chi connectivity index (χ4n) is 1.41. The predicted octanol–water partition coefficient (Wildman–Crippen LogP) is 1.57. The van der Waals surface area contributed by atoms with Crippen molar-refractivity contribution in [2.24, 2.45) is 5.73 Å². The van der Waals surface area contributed by atoms with E-state index in [1.54, 1.807) is 26.8 Å². The summed E-state index contributed by atoms with van der Waals surface area (Å²) in [5.74, 6) is -0.759. The summed E-state index contributed by atoms with van der Waals surface area (Å²) in [5.41, 5.74) is 5.00. The number of hydrogen-bond acceptors (Lipinski definition) is 3. The van der Waals surface area contributed by atoms with Gasteiger partial charge in [0.15, 0.2) is 0 Å². The molecule has 3 N–H and O–H groups in total. The smallest absolute Gasteiger partial charge is 0.244 e. The molecule has 0 saturated heterocycles. The van der Waals surface area contributed by atoms with Crippen LogP contribution in [0.2, 0.25) is 0 Å². The zero-order chi connectivity index (χ0) is 13.3. The van der Waals surface area contributed by atoms with Gasteiger partial charge < -0.3 is 5.73 Å². The largest absolute Gasteiger partial charge is 0.329 e. The molecule has 1 aromatic carbocycles. The summed E-state index contributed by atoms with van der Waals surface area (Å²) in [6.45, 7) is 4.95. The fraction of sp³-hybridized carbons (Fsp3) is 0.455. The Balaban J connectivity index is 0.00000289. The van der Waals surface area contributed by atoms with Crippen LogP contribution in [0.4, 0.5) is 4.39 Å². The lowest BCUT2D eigenvalue weighted by Crippen LogP contribution is -2.49. The molecular weight excluding hydrogens is 279 g/mol. The Labute approximate surface area is 113 Å². The number of aryl methyl sites for hydroxylation is 1. The summed E-state index contributed by atoms with van der Waals surface area (Å²) >= 11 is 0. The van der Waals surface area contributed by atoms with E-state index < -0.39 is 21.4 Å². The Morgan fingerprint density at radius 1 is 1.39 bits per heavy atom. The lowest BCUT2D eigenvalue weighted by Gasteiger charge is -2.24. The molecule has 0 atom stereocenters. The minimum Gasteiger partial charge on any atom is -0.329 e. The van der Waals surface area contributed by atoms with Crippen molar-refractivity contribution in [2.45, 2.75) is 31.2 Å². The van der Waals surface area contributed by atoms with Gasteiger partial charge in [-0.15, -0.1) is 12.4 Å². The van der Waals surface area contributed by atoms with E-state index in [-0.39, 0.29) is 23.8 Å². The Morgan fingerprint density at radius 2 is 1.94 bits per heavy atom. The second kappa shape index (κ2) is 5.97. The number of nitrogens with one attached hydrogen (secondary N) is 1. The highest BCUT2D eigenvalue weighted by Crippen LogP contribution is 2.20. The van der Waals surface area contributed by atoms with E-state index in [1.165, 1.54) is 6.07 Å². The molecule has 1 aromatic rings. The molecule has 7 heteroatoms. The third-order valence-electron chi connectivity index (χ3n) is 2.35. The number of sulfonamides is 1. The molecule has 0 heterocycles. The van der Waals surface area contributed by atoms with Crippen LogP contribution in [0.1, 0.15) is 19.4 Å². The number of hydrogen-bond donors (Lipinski definition) is 2. The number of benzene rings is 1. The van der Waals surface area contributed by atoms with Gasteiger partial charge in [-0.1, -0.05) is 12.1 Å². The third-order valence-corrected chi connectivity index (χ3v) is 4.23. The highest BCUT2D eigenvalue weighted by Gasteiger charge is 2.28. The summed E-state index contributed by atoms with van der Waals surface area (Å²) in [7, 11) is -3.90. The topological polar surface area (TPSA) is 72.2 Å². The van der Waals surface area contributed by atoms with Crippen molar-refractivity contribution in [3.8, 4) is 0 Å². The zero-order valence-electron chi connectivity index (χ0n) is 10.5. The van der Waals surface area contributed by atoms with Gasteiger partial charge in [-0.2, -0.15) is 0 Å². The maximum Gasteiger partial charge on any atom is 0.244 e. The summed E-state index contributed by atoms with van der Waals surface area (Å²) in [4.78, 5) is -0.318. The van der Waals surface area contributed by atoms with Crippen LogP contribution in [0.15, 0.2) is 23.1 Å². The molecule has 18 heavy (non-hydrogen) atoms.